The van der Waals surface area contributed by atoms with E-state index in [-0.39, 0.29) is 12.5 Å². The number of hydrogen-bond acceptors (Lipinski definition) is 3. The van der Waals surface area contributed by atoms with Crippen LogP contribution in [-0.4, -0.2) is 18.4 Å². The molecule has 0 aliphatic rings. The number of amides is 2. The lowest BCUT2D eigenvalue weighted by Crippen LogP contribution is -2.36. The molecular weight excluding hydrogens is 349 g/mol. The van der Waals surface area contributed by atoms with E-state index >= 15 is 0 Å². The first-order valence-electron chi connectivity index (χ1n) is 6.94. The lowest BCUT2D eigenvalue weighted by Gasteiger charge is -2.21. The van der Waals surface area contributed by atoms with Crippen LogP contribution in [0.5, 0.6) is 0 Å². The summed E-state index contributed by atoms with van der Waals surface area (Å²) in [7, 11) is 0. The first-order chi connectivity index (χ1) is 11.4. The van der Waals surface area contributed by atoms with Crippen molar-refractivity contribution in [3.8, 4) is 6.07 Å². The molecule has 0 saturated carbocycles. The maximum absolute atomic E-state index is 12.3. The predicted molar refractivity (Wildman–Crippen MR) is 94.3 cm³/mol. The van der Waals surface area contributed by atoms with Gasteiger partial charge in [-0.2, -0.15) is 5.26 Å². The average Bonchev–Trinajstić information content (AvgIpc) is 2.52. The molecule has 0 radical (unpaired) electrons. The molecule has 24 heavy (non-hydrogen) atoms. The van der Waals surface area contributed by atoms with Crippen molar-refractivity contribution in [3.63, 3.8) is 0 Å². The van der Waals surface area contributed by atoms with E-state index in [1.165, 1.54) is 17.9 Å². The summed E-state index contributed by atoms with van der Waals surface area (Å²) < 4.78 is 0. The molecule has 122 valence electrons. The first kappa shape index (κ1) is 17.8. The second kappa shape index (κ2) is 7.82. The molecule has 0 unspecified atom stereocenters. The van der Waals surface area contributed by atoms with E-state index in [2.05, 4.69) is 5.32 Å². The van der Waals surface area contributed by atoms with Crippen LogP contribution in [0.25, 0.3) is 0 Å². The molecule has 0 heterocycles. The number of anilines is 2. The zero-order chi connectivity index (χ0) is 17.7. The zero-order valence-electron chi connectivity index (χ0n) is 12.7. The van der Waals surface area contributed by atoms with Gasteiger partial charge in [0, 0.05) is 22.7 Å². The molecular formula is C17H13Cl2N3O2. The Kier molecular flexibility index (Phi) is 5.80. The van der Waals surface area contributed by atoms with Gasteiger partial charge in [0.25, 0.3) is 0 Å². The van der Waals surface area contributed by atoms with E-state index in [4.69, 9.17) is 28.5 Å². The van der Waals surface area contributed by atoms with Gasteiger partial charge < -0.3 is 10.2 Å². The van der Waals surface area contributed by atoms with E-state index in [9.17, 15) is 9.59 Å². The van der Waals surface area contributed by atoms with Crippen molar-refractivity contribution >= 4 is 46.4 Å². The van der Waals surface area contributed by atoms with Gasteiger partial charge in [0.05, 0.1) is 11.3 Å². The molecule has 0 fully saturated rings. The number of hydrogen-bond donors (Lipinski definition) is 1. The van der Waals surface area contributed by atoms with Crippen LogP contribution in [0, 0.1) is 11.3 Å². The van der Waals surface area contributed by atoms with Gasteiger partial charge in [-0.1, -0.05) is 35.3 Å². The molecule has 2 rings (SSSR count). The minimum Gasteiger partial charge on any atom is -0.323 e. The summed E-state index contributed by atoms with van der Waals surface area (Å²) in [5.74, 6) is -0.777. The zero-order valence-corrected chi connectivity index (χ0v) is 14.2. The summed E-state index contributed by atoms with van der Waals surface area (Å²) in [5.41, 5.74) is 1.15. The van der Waals surface area contributed by atoms with Gasteiger partial charge >= 0.3 is 0 Å². The van der Waals surface area contributed by atoms with Crippen molar-refractivity contribution in [1.82, 2.24) is 0 Å². The maximum Gasteiger partial charge on any atom is 0.244 e. The molecule has 0 aliphatic carbocycles. The molecule has 0 saturated heterocycles. The van der Waals surface area contributed by atoms with Gasteiger partial charge in [0.2, 0.25) is 11.8 Å². The summed E-state index contributed by atoms with van der Waals surface area (Å²) >= 11 is 11.9. The van der Waals surface area contributed by atoms with Gasteiger partial charge in [-0.05, 0) is 30.3 Å². The second-order valence-electron chi connectivity index (χ2n) is 4.94. The highest BCUT2D eigenvalue weighted by molar-refractivity contribution is 6.35. The van der Waals surface area contributed by atoms with E-state index in [0.717, 1.165) is 0 Å². The predicted octanol–water partition coefficient (Wildman–Crippen LogP) is 3.86. The molecule has 2 amide bonds. The topological polar surface area (TPSA) is 73.2 Å². The lowest BCUT2D eigenvalue weighted by molar-refractivity contribution is -0.120. The Labute approximate surface area is 149 Å². The van der Waals surface area contributed by atoms with Crippen LogP contribution in [0.1, 0.15) is 12.5 Å². The maximum atomic E-state index is 12.3. The van der Waals surface area contributed by atoms with Crippen LogP contribution >= 0.6 is 23.2 Å². The Hall–Kier alpha value is -2.55. The fourth-order valence-corrected chi connectivity index (χ4v) is 2.62. The van der Waals surface area contributed by atoms with Crippen molar-refractivity contribution in [2.24, 2.45) is 0 Å². The van der Waals surface area contributed by atoms with Crippen LogP contribution in [0.15, 0.2) is 42.5 Å². The number of benzene rings is 2. The number of rotatable bonds is 4. The Morgan fingerprint density at radius 1 is 1.17 bits per heavy atom. The highest BCUT2D eigenvalue weighted by atomic mass is 35.5. The SMILES string of the molecule is CC(=O)N(CC(=O)Nc1ccccc1C#N)c1cc(Cl)cc(Cl)c1. The average molecular weight is 362 g/mol. The highest BCUT2D eigenvalue weighted by Gasteiger charge is 2.17. The fraction of sp³-hybridized carbons (Fsp3) is 0.118. The van der Waals surface area contributed by atoms with Crippen LogP contribution in [0.2, 0.25) is 10.0 Å². The number of nitrogens with zero attached hydrogens (tertiary/aromatic N) is 2. The number of para-hydroxylation sites is 1. The lowest BCUT2D eigenvalue weighted by atomic mass is 10.2. The molecule has 7 heteroatoms. The second-order valence-corrected chi connectivity index (χ2v) is 5.81. The fourth-order valence-electron chi connectivity index (χ4n) is 2.10. The van der Waals surface area contributed by atoms with Crippen molar-refractivity contribution in [1.29, 1.82) is 5.26 Å². The molecule has 5 nitrogen and oxygen atoms in total. The van der Waals surface area contributed by atoms with Crippen molar-refractivity contribution < 1.29 is 9.59 Å². The molecule has 2 aromatic rings. The Morgan fingerprint density at radius 3 is 2.38 bits per heavy atom. The molecule has 0 spiro atoms. The summed E-state index contributed by atoms with van der Waals surface area (Å²) in [5, 5.41) is 12.4. The van der Waals surface area contributed by atoms with Crippen molar-refractivity contribution in [2.75, 3.05) is 16.8 Å². The number of carbonyl (C=O) groups excluding carboxylic acids is 2. The monoisotopic (exact) mass is 361 g/mol. The van der Waals surface area contributed by atoms with Gasteiger partial charge in [-0.3, -0.25) is 9.59 Å². The minimum atomic E-state index is -0.441. The third-order valence-corrected chi connectivity index (χ3v) is 3.60. The van der Waals surface area contributed by atoms with E-state index in [1.54, 1.807) is 36.4 Å². The van der Waals surface area contributed by atoms with Crippen LogP contribution in [-0.2, 0) is 9.59 Å². The molecule has 0 atom stereocenters. The quantitative estimate of drug-likeness (QED) is 0.898. The van der Waals surface area contributed by atoms with Gasteiger partial charge in [-0.15, -0.1) is 0 Å². The van der Waals surface area contributed by atoms with Crippen LogP contribution in [0.3, 0.4) is 0 Å². The smallest absolute Gasteiger partial charge is 0.244 e. The standard InChI is InChI=1S/C17H13Cl2N3O2/c1-11(23)22(15-7-13(18)6-14(19)8-15)10-17(24)21-16-5-3-2-4-12(16)9-20/h2-8H,10H2,1H3,(H,21,24). The number of carbonyl (C=O) groups is 2. The van der Waals surface area contributed by atoms with Gasteiger partial charge in [-0.25, -0.2) is 0 Å². The Bertz CT molecular complexity index is 811. The number of nitrogens with one attached hydrogen (secondary N) is 1. The molecule has 0 aliphatic heterocycles. The Balaban J connectivity index is 2.20. The summed E-state index contributed by atoms with van der Waals surface area (Å²) in [4.78, 5) is 25.4. The Morgan fingerprint density at radius 2 is 1.79 bits per heavy atom. The van der Waals surface area contributed by atoms with Crippen LogP contribution in [0.4, 0.5) is 11.4 Å². The first-order valence-corrected chi connectivity index (χ1v) is 7.69. The molecule has 1 N–H and O–H groups in total. The summed E-state index contributed by atoms with van der Waals surface area (Å²) in [6, 6.07) is 13.2. The van der Waals surface area contributed by atoms with E-state index in [0.29, 0.717) is 27.0 Å². The number of nitriles is 1. The van der Waals surface area contributed by atoms with Gasteiger partial charge in [0.1, 0.15) is 12.6 Å². The van der Waals surface area contributed by atoms with E-state index in [1.807, 2.05) is 6.07 Å². The molecule has 0 aromatic heterocycles. The normalized spacial score (nSPS) is 9.92. The van der Waals surface area contributed by atoms with E-state index < -0.39 is 5.91 Å². The largest absolute Gasteiger partial charge is 0.323 e. The van der Waals surface area contributed by atoms with Gasteiger partial charge in [0.15, 0.2) is 0 Å². The molecule has 0 bridgehead atoms. The summed E-state index contributed by atoms with van der Waals surface area (Å²) in [6.07, 6.45) is 0. The van der Waals surface area contributed by atoms with Crippen molar-refractivity contribution in [2.45, 2.75) is 6.92 Å². The highest BCUT2D eigenvalue weighted by Crippen LogP contribution is 2.25. The number of halogens is 2. The third kappa shape index (κ3) is 4.48. The van der Waals surface area contributed by atoms with Crippen molar-refractivity contribution in [3.05, 3.63) is 58.1 Å². The van der Waals surface area contributed by atoms with Crippen LogP contribution < -0.4 is 10.2 Å². The summed E-state index contributed by atoms with van der Waals surface area (Å²) in [6.45, 7) is 1.11. The molecule has 2 aromatic carbocycles. The third-order valence-electron chi connectivity index (χ3n) is 3.16. The minimum absolute atomic E-state index is 0.230.